The van der Waals surface area contributed by atoms with Crippen LogP contribution in [0.3, 0.4) is 0 Å². The van der Waals surface area contributed by atoms with Crippen LogP contribution in [0, 0.1) is 5.82 Å². The average Bonchev–Trinajstić information content (AvgIpc) is 2.86. The van der Waals surface area contributed by atoms with Crippen LogP contribution in [0.1, 0.15) is 25.3 Å². The van der Waals surface area contributed by atoms with Crippen molar-refractivity contribution in [1.29, 1.82) is 0 Å². The maximum Gasteiger partial charge on any atom is 0.127 e. The second-order valence-electron chi connectivity index (χ2n) is 4.52. The minimum absolute atomic E-state index is 0.158. The molecule has 1 aromatic carbocycles. The van der Waals surface area contributed by atoms with Gasteiger partial charge in [0.15, 0.2) is 0 Å². The molecular weight excluding hydrogens is 233 g/mol. The molecule has 18 heavy (non-hydrogen) atoms. The van der Waals surface area contributed by atoms with Crippen LogP contribution in [0.15, 0.2) is 18.2 Å². The van der Waals surface area contributed by atoms with Crippen LogP contribution in [0.25, 0.3) is 0 Å². The van der Waals surface area contributed by atoms with Crippen LogP contribution >= 0.6 is 0 Å². The lowest BCUT2D eigenvalue weighted by atomic mass is 10.2. The fourth-order valence-corrected chi connectivity index (χ4v) is 2.04. The molecule has 1 aliphatic heterocycles. The summed E-state index contributed by atoms with van der Waals surface area (Å²) < 4.78 is 24.5. The van der Waals surface area contributed by atoms with E-state index in [-0.39, 0.29) is 11.9 Å². The molecule has 1 fully saturated rings. The second-order valence-corrected chi connectivity index (χ2v) is 4.52. The van der Waals surface area contributed by atoms with E-state index < -0.39 is 0 Å². The van der Waals surface area contributed by atoms with Crippen molar-refractivity contribution in [3.05, 3.63) is 29.6 Å². The van der Waals surface area contributed by atoms with Crippen molar-refractivity contribution in [2.75, 3.05) is 19.8 Å². The van der Waals surface area contributed by atoms with E-state index in [2.05, 4.69) is 5.32 Å². The number of benzene rings is 1. The van der Waals surface area contributed by atoms with Gasteiger partial charge in [-0.3, -0.25) is 0 Å². The fourth-order valence-electron chi connectivity index (χ4n) is 2.04. The SMILES string of the molecule is CCNCc1cc(F)cc(OCC2CCCO2)c1. The molecule has 1 N–H and O–H groups in total. The Labute approximate surface area is 107 Å². The van der Waals surface area contributed by atoms with Gasteiger partial charge in [0.25, 0.3) is 0 Å². The highest BCUT2D eigenvalue weighted by molar-refractivity contribution is 5.29. The predicted molar refractivity (Wildman–Crippen MR) is 68.2 cm³/mol. The maximum atomic E-state index is 13.4. The molecule has 0 aromatic heterocycles. The molecule has 4 heteroatoms. The van der Waals surface area contributed by atoms with Crippen molar-refractivity contribution in [3.63, 3.8) is 0 Å². The average molecular weight is 253 g/mol. The van der Waals surface area contributed by atoms with Crippen molar-refractivity contribution in [3.8, 4) is 5.75 Å². The summed E-state index contributed by atoms with van der Waals surface area (Å²) in [6.45, 7) is 4.86. The standard InChI is InChI=1S/C14H20FNO2/c1-2-16-9-11-6-12(15)8-14(7-11)18-10-13-4-3-5-17-13/h6-8,13,16H,2-5,9-10H2,1H3. The third-order valence-electron chi connectivity index (χ3n) is 2.97. The molecule has 1 heterocycles. The maximum absolute atomic E-state index is 13.4. The Balaban J connectivity index is 1.91. The van der Waals surface area contributed by atoms with E-state index in [0.717, 1.165) is 31.6 Å². The summed E-state index contributed by atoms with van der Waals surface area (Å²) in [5.41, 5.74) is 0.902. The molecule has 1 atom stereocenters. The van der Waals surface area contributed by atoms with Crippen LogP contribution in [0.2, 0.25) is 0 Å². The summed E-state index contributed by atoms with van der Waals surface area (Å²) >= 11 is 0. The minimum atomic E-state index is -0.257. The molecule has 1 aliphatic rings. The Morgan fingerprint density at radius 2 is 2.33 bits per heavy atom. The minimum Gasteiger partial charge on any atom is -0.491 e. The first-order valence-corrected chi connectivity index (χ1v) is 6.52. The Hall–Kier alpha value is -1.13. The number of rotatable bonds is 6. The summed E-state index contributed by atoms with van der Waals surface area (Å²) in [7, 11) is 0. The Bertz CT molecular complexity index is 378. The van der Waals surface area contributed by atoms with E-state index in [1.54, 1.807) is 0 Å². The summed E-state index contributed by atoms with van der Waals surface area (Å²) in [5, 5.41) is 3.17. The summed E-state index contributed by atoms with van der Waals surface area (Å²) in [5.74, 6) is 0.325. The third kappa shape index (κ3) is 3.96. The largest absolute Gasteiger partial charge is 0.491 e. The third-order valence-corrected chi connectivity index (χ3v) is 2.97. The van der Waals surface area contributed by atoms with Crippen molar-refractivity contribution >= 4 is 0 Å². The Morgan fingerprint density at radius 3 is 3.06 bits per heavy atom. The number of nitrogens with one attached hydrogen (secondary N) is 1. The van der Waals surface area contributed by atoms with Crippen LogP contribution in [0.4, 0.5) is 4.39 Å². The van der Waals surface area contributed by atoms with Gasteiger partial charge in [0.1, 0.15) is 18.2 Å². The summed E-state index contributed by atoms with van der Waals surface area (Å²) in [6.07, 6.45) is 2.27. The van der Waals surface area contributed by atoms with E-state index >= 15 is 0 Å². The van der Waals surface area contributed by atoms with Gasteiger partial charge in [-0.1, -0.05) is 6.92 Å². The molecule has 0 aliphatic carbocycles. The van der Waals surface area contributed by atoms with E-state index in [1.807, 2.05) is 13.0 Å². The quantitative estimate of drug-likeness (QED) is 0.845. The monoisotopic (exact) mass is 253 g/mol. The van der Waals surface area contributed by atoms with Crippen LogP contribution in [-0.2, 0) is 11.3 Å². The highest BCUT2D eigenvalue weighted by Gasteiger charge is 2.16. The molecule has 1 aromatic rings. The number of halogens is 1. The van der Waals surface area contributed by atoms with Gasteiger partial charge in [-0.25, -0.2) is 4.39 Å². The molecular formula is C14H20FNO2. The lowest BCUT2D eigenvalue weighted by Gasteiger charge is -2.12. The van der Waals surface area contributed by atoms with Crippen molar-refractivity contribution in [1.82, 2.24) is 5.32 Å². The van der Waals surface area contributed by atoms with Crippen LogP contribution in [0.5, 0.6) is 5.75 Å². The van der Waals surface area contributed by atoms with Gasteiger partial charge in [0.2, 0.25) is 0 Å². The lowest BCUT2D eigenvalue weighted by Crippen LogP contribution is -2.16. The van der Waals surface area contributed by atoms with Crippen molar-refractivity contribution in [2.24, 2.45) is 0 Å². The predicted octanol–water partition coefficient (Wildman–Crippen LogP) is 2.49. The number of hydrogen-bond acceptors (Lipinski definition) is 3. The summed E-state index contributed by atoms with van der Waals surface area (Å²) in [4.78, 5) is 0. The first-order valence-electron chi connectivity index (χ1n) is 6.52. The van der Waals surface area contributed by atoms with E-state index in [0.29, 0.717) is 18.9 Å². The van der Waals surface area contributed by atoms with E-state index in [1.165, 1.54) is 12.1 Å². The van der Waals surface area contributed by atoms with Gasteiger partial charge < -0.3 is 14.8 Å². The molecule has 3 nitrogen and oxygen atoms in total. The summed E-state index contributed by atoms with van der Waals surface area (Å²) in [6, 6.07) is 4.83. The Kier molecular flexibility index (Phi) is 4.96. The second kappa shape index (κ2) is 6.71. The highest BCUT2D eigenvalue weighted by Crippen LogP contribution is 2.19. The zero-order chi connectivity index (χ0) is 12.8. The molecule has 1 unspecified atom stereocenters. The zero-order valence-corrected chi connectivity index (χ0v) is 10.7. The molecule has 0 spiro atoms. The molecule has 0 radical (unpaired) electrons. The van der Waals surface area contributed by atoms with Gasteiger partial charge in [0, 0.05) is 19.2 Å². The van der Waals surface area contributed by atoms with Gasteiger partial charge in [-0.2, -0.15) is 0 Å². The first kappa shape index (κ1) is 13.3. The lowest BCUT2D eigenvalue weighted by molar-refractivity contribution is 0.0678. The smallest absolute Gasteiger partial charge is 0.127 e. The normalized spacial score (nSPS) is 19.1. The topological polar surface area (TPSA) is 30.5 Å². The van der Waals surface area contributed by atoms with Crippen molar-refractivity contribution in [2.45, 2.75) is 32.4 Å². The van der Waals surface area contributed by atoms with Gasteiger partial charge in [0.05, 0.1) is 6.10 Å². The molecule has 1 saturated heterocycles. The van der Waals surface area contributed by atoms with E-state index in [9.17, 15) is 4.39 Å². The number of ether oxygens (including phenoxy) is 2. The Morgan fingerprint density at radius 1 is 1.44 bits per heavy atom. The zero-order valence-electron chi connectivity index (χ0n) is 10.7. The van der Waals surface area contributed by atoms with E-state index in [4.69, 9.17) is 9.47 Å². The van der Waals surface area contributed by atoms with Crippen LogP contribution in [-0.4, -0.2) is 25.9 Å². The van der Waals surface area contributed by atoms with Gasteiger partial charge in [-0.05, 0) is 37.1 Å². The molecule has 0 saturated carbocycles. The van der Waals surface area contributed by atoms with Gasteiger partial charge >= 0.3 is 0 Å². The first-order chi connectivity index (χ1) is 8.78. The van der Waals surface area contributed by atoms with Crippen LogP contribution < -0.4 is 10.1 Å². The van der Waals surface area contributed by atoms with Crippen molar-refractivity contribution < 1.29 is 13.9 Å². The van der Waals surface area contributed by atoms with Gasteiger partial charge in [-0.15, -0.1) is 0 Å². The molecule has 0 bridgehead atoms. The molecule has 0 amide bonds. The fraction of sp³-hybridized carbons (Fsp3) is 0.571. The highest BCUT2D eigenvalue weighted by atomic mass is 19.1. The molecule has 100 valence electrons. The number of hydrogen-bond donors (Lipinski definition) is 1. The molecule has 2 rings (SSSR count).